The first-order chi connectivity index (χ1) is 10.0. The predicted octanol–water partition coefficient (Wildman–Crippen LogP) is 2.44. The summed E-state index contributed by atoms with van der Waals surface area (Å²) in [7, 11) is 0. The zero-order chi connectivity index (χ0) is 14.7. The van der Waals surface area contributed by atoms with Crippen LogP contribution in [0, 0.1) is 37.5 Å². The second kappa shape index (κ2) is 4.33. The summed E-state index contributed by atoms with van der Waals surface area (Å²) in [6, 6.07) is 6.01. The number of aryl methyl sites for hydroxylation is 2. The van der Waals surface area contributed by atoms with Gasteiger partial charge in [0, 0.05) is 11.6 Å². The summed E-state index contributed by atoms with van der Waals surface area (Å²) in [5, 5.41) is 3.01. The Balaban J connectivity index is 1.57. The van der Waals surface area contributed by atoms with E-state index in [9.17, 15) is 9.59 Å². The Morgan fingerprint density at radius 3 is 2.62 bits per heavy atom. The van der Waals surface area contributed by atoms with Crippen LogP contribution >= 0.6 is 0 Å². The van der Waals surface area contributed by atoms with E-state index >= 15 is 0 Å². The normalized spacial score (nSPS) is 35.9. The molecule has 3 aliphatic rings. The van der Waals surface area contributed by atoms with Gasteiger partial charge >= 0.3 is 5.97 Å². The summed E-state index contributed by atoms with van der Waals surface area (Å²) in [6.07, 6.45) is 1.90. The number of carbonyl (C=O) groups is 2. The number of nitrogens with one attached hydrogen (secondary N) is 1. The number of hydrogen-bond donors (Lipinski definition) is 1. The van der Waals surface area contributed by atoms with Gasteiger partial charge in [0.15, 0.2) is 0 Å². The smallest absolute Gasteiger partial charge is 0.310 e. The molecule has 0 radical (unpaired) electrons. The van der Waals surface area contributed by atoms with Crippen LogP contribution in [0.5, 0.6) is 0 Å². The number of amides is 1. The van der Waals surface area contributed by atoms with Crippen molar-refractivity contribution in [1.29, 1.82) is 0 Å². The second-order valence-electron chi connectivity index (χ2n) is 6.79. The Morgan fingerprint density at radius 1 is 1.19 bits per heavy atom. The summed E-state index contributed by atoms with van der Waals surface area (Å²) in [4.78, 5) is 24.6. The first-order valence-corrected chi connectivity index (χ1v) is 7.62. The topological polar surface area (TPSA) is 55.4 Å². The van der Waals surface area contributed by atoms with Crippen LogP contribution in [0.15, 0.2) is 18.2 Å². The number of carbonyl (C=O) groups excluding carboxylic acids is 2. The first-order valence-electron chi connectivity index (χ1n) is 7.62. The number of hydrogen-bond acceptors (Lipinski definition) is 3. The molecule has 0 unspecified atom stereocenters. The van der Waals surface area contributed by atoms with Crippen LogP contribution in [-0.2, 0) is 14.3 Å². The van der Waals surface area contributed by atoms with Gasteiger partial charge in [-0.05, 0) is 55.9 Å². The lowest BCUT2D eigenvalue weighted by molar-refractivity contribution is -0.145. The Hall–Kier alpha value is -1.84. The molecule has 110 valence electrons. The Bertz CT molecular complexity index is 617. The largest absolute Gasteiger partial charge is 0.462 e. The van der Waals surface area contributed by atoms with Gasteiger partial charge in [0.05, 0.1) is 11.8 Å². The molecule has 2 aliphatic carbocycles. The lowest BCUT2D eigenvalue weighted by Gasteiger charge is -2.23. The highest BCUT2D eigenvalue weighted by Gasteiger charge is 2.63. The van der Waals surface area contributed by atoms with Gasteiger partial charge in [-0.2, -0.15) is 0 Å². The van der Waals surface area contributed by atoms with Gasteiger partial charge in [0.25, 0.3) is 0 Å². The average Bonchev–Trinajstić information content (AvgIpc) is 2.97. The molecule has 2 saturated carbocycles. The number of ether oxygens (including phenoxy) is 1. The van der Waals surface area contributed by atoms with E-state index in [4.69, 9.17) is 4.74 Å². The molecule has 3 fully saturated rings. The summed E-state index contributed by atoms with van der Waals surface area (Å²) >= 11 is 0. The van der Waals surface area contributed by atoms with Gasteiger partial charge < -0.3 is 10.1 Å². The third-order valence-corrected chi connectivity index (χ3v) is 5.28. The molecule has 1 amide bonds. The van der Waals surface area contributed by atoms with E-state index in [1.165, 1.54) is 0 Å². The van der Waals surface area contributed by atoms with E-state index in [1.807, 2.05) is 26.0 Å². The van der Waals surface area contributed by atoms with Crippen molar-refractivity contribution in [1.82, 2.24) is 0 Å². The van der Waals surface area contributed by atoms with Gasteiger partial charge in [-0.25, -0.2) is 0 Å². The number of rotatable bonds is 2. The van der Waals surface area contributed by atoms with Gasteiger partial charge in [-0.15, -0.1) is 0 Å². The van der Waals surface area contributed by atoms with Crippen molar-refractivity contribution in [3.05, 3.63) is 29.3 Å². The number of esters is 1. The van der Waals surface area contributed by atoms with Crippen molar-refractivity contribution < 1.29 is 14.3 Å². The predicted molar refractivity (Wildman–Crippen MR) is 77.6 cm³/mol. The maximum atomic E-state index is 12.6. The maximum absolute atomic E-state index is 12.6. The molecule has 1 aromatic carbocycles. The molecule has 1 N–H and O–H groups in total. The van der Waals surface area contributed by atoms with Crippen LogP contribution in [0.4, 0.5) is 5.69 Å². The van der Waals surface area contributed by atoms with Crippen molar-refractivity contribution in [2.45, 2.75) is 32.8 Å². The molecule has 4 nitrogen and oxygen atoms in total. The monoisotopic (exact) mass is 285 g/mol. The van der Waals surface area contributed by atoms with Gasteiger partial charge in [-0.1, -0.05) is 6.07 Å². The van der Waals surface area contributed by atoms with Crippen LogP contribution in [-0.4, -0.2) is 18.0 Å². The molecule has 1 aromatic rings. The third kappa shape index (κ3) is 1.88. The Morgan fingerprint density at radius 2 is 1.90 bits per heavy atom. The number of fused-ring (bicyclic) bond motifs is 1. The van der Waals surface area contributed by atoms with Crippen LogP contribution in [0.3, 0.4) is 0 Å². The fourth-order valence-electron chi connectivity index (χ4n) is 4.64. The minimum absolute atomic E-state index is 0.0187. The minimum atomic E-state index is -0.209. The number of anilines is 1. The molecule has 1 heterocycles. The Labute approximate surface area is 123 Å². The molecule has 1 aliphatic heterocycles. The van der Waals surface area contributed by atoms with E-state index in [1.54, 1.807) is 0 Å². The zero-order valence-electron chi connectivity index (χ0n) is 12.3. The van der Waals surface area contributed by atoms with Crippen molar-refractivity contribution in [3.63, 3.8) is 0 Å². The van der Waals surface area contributed by atoms with E-state index < -0.39 is 0 Å². The summed E-state index contributed by atoms with van der Waals surface area (Å²) in [5.74, 6) is -0.0121. The molecule has 1 saturated heterocycles. The van der Waals surface area contributed by atoms with E-state index in [2.05, 4.69) is 11.4 Å². The molecule has 0 aromatic heterocycles. The summed E-state index contributed by atoms with van der Waals surface area (Å²) < 4.78 is 5.39. The molecule has 4 rings (SSSR count). The van der Waals surface area contributed by atoms with E-state index in [-0.39, 0.29) is 35.7 Å². The quantitative estimate of drug-likeness (QED) is 0.849. The van der Waals surface area contributed by atoms with Crippen molar-refractivity contribution in [3.8, 4) is 0 Å². The van der Waals surface area contributed by atoms with Crippen LogP contribution in [0.2, 0.25) is 0 Å². The highest BCUT2D eigenvalue weighted by Crippen LogP contribution is 2.57. The van der Waals surface area contributed by atoms with Crippen molar-refractivity contribution in [2.75, 3.05) is 5.32 Å². The second-order valence-corrected chi connectivity index (χ2v) is 6.79. The van der Waals surface area contributed by atoms with Gasteiger partial charge in [0.1, 0.15) is 6.10 Å². The van der Waals surface area contributed by atoms with Crippen LogP contribution in [0.1, 0.15) is 24.0 Å². The molecule has 21 heavy (non-hydrogen) atoms. The van der Waals surface area contributed by atoms with Crippen molar-refractivity contribution >= 4 is 17.6 Å². The first kappa shape index (κ1) is 12.9. The minimum Gasteiger partial charge on any atom is -0.462 e. The highest BCUT2D eigenvalue weighted by atomic mass is 16.6. The summed E-state index contributed by atoms with van der Waals surface area (Å²) in [6.45, 7) is 4.03. The average molecular weight is 285 g/mol. The SMILES string of the molecule is Cc1cc(C)cc(NC(=O)[C@@H]2[C@@H]3C[C@@H]4[C@@H]2C(=O)O[C@H]4C3)c1. The van der Waals surface area contributed by atoms with Crippen molar-refractivity contribution in [2.24, 2.45) is 23.7 Å². The fourth-order valence-corrected chi connectivity index (χ4v) is 4.64. The van der Waals surface area contributed by atoms with E-state index in [0.29, 0.717) is 5.92 Å². The fraction of sp³-hybridized carbons (Fsp3) is 0.529. The lowest BCUT2D eigenvalue weighted by Crippen LogP contribution is -2.35. The zero-order valence-corrected chi connectivity index (χ0v) is 12.3. The molecular formula is C17H19NO3. The van der Waals surface area contributed by atoms with Gasteiger partial charge in [-0.3, -0.25) is 9.59 Å². The van der Waals surface area contributed by atoms with Crippen LogP contribution in [0.25, 0.3) is 0 Å². The molecule has 5 atom stereocenters. The molecular weight excluding hydrogens is 266 g/mol. The lowest BCUT2D eigenvalue weighted by atomic mass is 9.79. The molecule has 2 bridgehead atoms. The summed E-state index contributed by atoms with van der Waals surface area (Å²) in [5.41, 5.74) is 3.07. The van der Waals surface area contributed by atoms with Gasteiger partial charge in [0.2, 0.25) is 5.91 Å². The van der Waals surface area contributed by atoms with E-state index in [0.717, 1.165) is 29.7 Å². The number of benzene rings is 1. The molecule has 4 heteroatoms. The standard InChI is InChI=1S/C17H19NO3/c1-8-3-9(2)5-11(4-8)18-16(19)14-10-6-12-13(7-10)21-17(20)15(12)14/h3-5,10,12-15H,6-7H2,1-2H3,(H,18,19)/t10-,12+,13+,14-,15+/m1/s1. The third-order valence-electron chi connectivity index (χ3n) is 5.28. The Kier molecular flexibility index (Phi) is 2.65. The van der Waals surface area contributed by atoms with Crippen LogP contribution < -0.4 is 5.32 Å². The highest BCUT2D eigenvalue weighted by molar-refractivity contribution is 5.97. The maximum Gasteiger partial charge on any atom is 0.310 e. The molecule has 0 spiro atoms.